The Bertz CT molecular complexity index is 476. The van der Waals surface area contributed by atoms with Gasteiger partial charge in [-0.05, 0) is 25.0 Å². The van der Waals surface area contributed by atoms with Crippen LogP contribution in [-0.2, 0) is 11.3 Å². The Labute approximate surface area is 133 Å². The minimum atomic E-state index is -0.347. The van der Waals surface area contributed by atoms with E-state index in [-0.39, 0.29) is 10.6 Å². The number of nitro groups is 1. The number of halogens is 1. The van der Waals surface area contributed by atoms with Crippen molar-refractivity contribution in [3.05, 3.63) is 38.3 Å². The summed E-state index contributed by atoms with van der Waals surface area (Å²) < 4.78 is 6.53. The van der Waals surface area contributed by atoms with Gasteiger partial charge in [-0.1, -0.05) is 35.2 Å². The highest BCUT2D eigenvalue weighted by atomic mass is 79.9. The number of hydrogen-bond donors (Lipinski definition) is 1. The Hall–Kier alpha value is -0.980. The summed E-state index contributed by atoms with van der Waals surface area (Å²) in [6.45, 7) is 1.86. The molecule has 1 N–H and O–H groups in total. The highest BCUT2D eigenvalue weighted by Crippen LogP contribution is 2.23. The molecule has 0 amide bonds. The number of rotatable bonds is 7. The van der Waals surface area contributed by atoms with E-state index in [0.29, 0.717) is 31.4 Å². The van der Waals surface area contributed by atoms with Gasteiger partial charge in [-0.2, -0.15) is 0 Å². The van der Waals surface area contributed by atoms with Crippen LogP contribution in [0.15, 0.2) is 22.7 Å². The van der Waals surface area contributed by atoms with E-state index in [1.54, 1.807) is 6.07 Å². The molecule has 116 valence electrons. The van der Waals surface area contributed by atoms with Crippen molar-refractivity contribution >= 4 is 21.6 Å². The summed E-state index contributed by atoms with van der Waals surface area (Å²) in [4.78, 5) is 10.7. The van der Waals surface area contributed by atoms with Crippen LogP contribution >= 0.6 is 15.9 Å². The van der Waals surface area contributed by atoms with Crippen molar-refractivity contribution in [1.29, 1.82) is 0 Å². The predicted octanol–water partition coefficient (Wildman–Crippen LogP) is 3.80. The maximum Gasteiger partial charge on any atom is 0.275 e. The quantitative estimate of drug-likeness (QED) is 0.458. The van der Waals surface area contributed by atoms with Gasteiger partial charge in [0, 0.05) is 29.2 Å². The van der Waals surface area contributed by atoms with Crippen molar-refractivity contribution in [2.24, 2.45) is 0 Å². The maximum absolute atomic E-state index is 11.0. The first kappa shape index (κ1) is 16.4. The number of nitrogens with zero attached hydrogens (tertiary/aromatic N) is 1. The topological polar surface area (TPSA) is 64.4 Å². The largest absolute Gasteiger partial charge is 0.377 e. The molecule has 0 spiro atoms. The molecule has 1 fully saturated rings. The lowest BCUT2D eigenvalue weighted by atomic mass is 9.98. The lowest BCUT2D eigenvalue weighted by Crippen LogP contribution is -2.24. The van der Waals surface area contributed by atoms with Crippen LogP contribution in [0.5, 0.6) is 0 Å². The highest BCUT2D eigenvalue weighted by Gasteiger charge is 2.14. The number of nitro benzene ring substituents is 1. The average Bonchev–Trinajstić information content (AvgIpc) is 2.49. The zero-order valence-electron chi connectivity index (χ0n) is 12.0. The first-order chi connectivity index (χ1) is 10.2. The van der Waals surface area contributed by atoms with Gasteiger partial charge in [-0.3, -0.25) is 10.1 Å². The van der Waals surface area contributed by atoms with Crippen LogP contribution in [0.25, 0.3) is 0 Å². The second kappa shape index (κ2) is 8.46. The zero-order chi connectivity index (χ0) is 15.1. The number of ether oxygens (including phenoxy) is 1. The van der Waals surface area contributed by atoms with Crippen LogP contribution < -0.4 is 5.32 Å². The van der Waals surface area contributed by atoms with E-state index in [1.165, 1.54) is 25.3 Å². The van der Waals surface area contributed by atoms with Gasteiger partial charge in [0.15, 0.2) is 0 Å². The molecule has 0 aliphatic heterocycles. The fraction of sp³-hybridized carbons (Fsp3) is 0.600. The molecule has 0 saturated heterocycles. The summed E-state index contributed by atoms with van der Waals surface area (Å²) in [6.07, 6.45) is 6.59. The van der Waals surface area contributed by atoms with Crippen LogP contribution in [0.4, 0.5) is 5.69 Å². The molecule has 1 aliphatic carbocycles. The Balaban J connectivity index is 1.72. The molecule has 0 radical (unpaired) electrons. The van der Waals surface area contributed by atoms with Gasteiger partial charge in [0.05, 0.1) is 17.6 Å². The number of nitrogens with one attached hydrogen (secondary N) is 1. The summed E-state index contributed by atoms with van der Waals surface area (Å²) in [5.74, 6) is 0. The molecule has 6 heteroatoms. The van der Waals surface area contributed by atoms with Crippen molar-refractivity contribution in [3.63, 3.8) is 0 Å². The SMILES string of the molecule is O=[N+]([O-])c1cc(Br)ccc1CNCCOC1CCCCC1. The van der Waals surface area contributed by atoms with Gasteiger partial charge in [-0.25, -0.2) is 0 Å². The van der Waals surface area contributed by atoms with E-state index < -0.39 is 0 Å². The molecule has 2 rings (SSSR count). The molecule has 5 nitrogen and oxygen atoms in total. The fourth-order valence-electron chi connectivity index (χ4n) is 2.61. The predicted molar refractivity (Wildman–Crippen MR) is 85.3 cm³/mol. The molecule has 1 aromatic rings. The average molecular weight is 357 g/mol. The van der Waals surface area contributed by atoms with E-state index in [9.17, 15) is 10.1 Å². The third-order valence-electron chi connectivity index (χ3n) is 3.74. The second-order valence-electron chi connectivity index (χ2n) is 5.34. The fourth-order valence-corrected chi connectivity index (χ4v) is 2.96. The molecular weight excluding hydrogens is 336 g/mol. The van der Waals surface area contributed by atoms with Gasteiger partial charge in [0.1, 0.15) is 0 Å². The molecule has 1 saturated carbocycles. The number of hydrogen-bond acceptors (Lipinski definition) is 4. The van der Waals surface area contributed by atoms with Gasteiger partial charge >= 0.3 is 0 Å². The smallest absolute Gasteiger partial charge is 0.275 e. The Morgan fingerprint density at radius 3 is 2.81 bits per heavy atom. The summed E-state index contributed by atoms with van der Waals surface area (Å²) >= 11 is 3.26. The molecule has 0 unspecified atom stereocenters. The Kier molecular flexibility index (Phi) is 6.60. The van der Waals surface area contributed by atoms with Crippen LogP contribution in [0, 0.1) is 10.1 Å². The minimum Gasteiger partial charge on any atom is -0.377 e. The van der Waals surface area contributed by atoms with Crippen molar-refractivity contribution in [3.8, 4) is 0 Å². The lowest BCUT2D eigenvalue weighted by Gasteiger charge is -2.22. The normalized spacial score (nSPS) is 16.0. The standard InChI is InChI=1S/C15H21BrN2O3/c16-13-7-6-12(15(10-13)18(19)20)11-17-8-9-21-14-4-2-1-3-5-14/h6-7,10,14,17H,1-5,8-9,11H2. The van der Waals surface area contributed by atoms with Crippen LogP contribution in [-0.4, -0.2) is 24.2 Å². The molecule has 0 bridgehead atoms. The van der Waals surface area contributed by atoms with E-state index in [2.05, 4.69) is 21.2 Å². The summed E-state index contributed by atoms with van der Waals surface area (Å²) in [7, 11) is 0. The molecule has 0 atom stereocenters. The monoisotopic (exact) mass is 356 g/mol. The first-order valence-corrected chi connectivity index (χ1v) is 8.21. The minimum absolute atomic E-state index is 0.144. The van der Waals surface area contributed by atoms with Crippen LogP contribution in [0.3, 0.4) is 0 Å². The van der Waals surface area contributed by atoms with E-state index in [0.717, 1.165) is 17.3 Å². The van der Waals surface area contributed by atoms with Gasteiger partial charge < -0.3 is 10.1 Å². The van der Waals surface area contributed by atoms with E-state index >= 15 is 0 Å². The lowest BCUT2D eigenvalue weighted by molar-refractivity contribution is -0.385. The summed E-state index contributed by atoms with van der Waals surface area (Å²) in [5, 5.41) is 14.2. The Morgan fingerprint density at radius 1 is 1.33 bits per heavy atom. The molecule has 0 aromatic heterocycles. The second-order valence-corrected chi connectivity index (χ2v) is 6.25. The third kappa shape index (κ3) is 5.37. The molecule has 1 aromatic carbocycles. The summed E-state index contributed by atoms with van der Waals surface area (Å²) in [5.41, 5.74) is 0.839. The van der Waals surface area contributed by atoms with Gasteiger partial charge in [0.25, 0.3) is 5.69 Å². The first-order valence-electron chi connectivity index (χ1n) is 7.42. The van der Waals surface area contributed by atoms with Gasteiger partial charge in [-0.15, -0.1) is 0 Å². The van der Waals surface area contributed by atoms with E-state index in [1.807, 2.05) is 6.07 Å². The summed E-state index contributed by atoms with van der Waals surface area (Å²) in [6, 6.07) is 5.13. The molecule has 21 heavy (non-hydrogen) atoms. The molecular formula is C15H21BrN2O3. The van der Waals surface area contributed by atoms with Crippen molar-refractivity contribution < 1.29 is 9.66 Å². The van der Waals surface area contributed by atoms with Crippen LogP contribution in [0.1, 0.15) is 37.7 Å². The molecule has 1 aliphatic rings. The Morgan fingerprint density at radius 2 is 2.10 bits per heavy atom. The van der Waals surface area contributed by atoms with Gasteiger partial charge in [0.2, 0.25) is 0 Å². The van der Waals surface area contributed by atoms with Crippen LogP contribution in [0.2, 0.25) is 0 Å². The van der Waals surface area contributed by atoms with Crippen molar-refractivity contribution in [2.75, 3.05) is 13.2 Å². The molecule has 0 heterocycles. The van der Waals surface area contributed by atoms with E-state index in [4.69, 9.17) is 4.74 Å². The number of benzene rings is 1. The zero-order valence-corrected chi connectivity index (χ0v) is 13.6. The maximum atomic E-state index is 11.0. The third-order valence-corrected chi connectivity index (χ3v) is 4.24. The van der Waals surface area contributed by atoms with Crippen molar-refractivity contribution in [1.82, 2.24) is 5.32 Å². The highest BCUT2D eigenvalue weighted by molar-refractivity contribution is 9.10. The van der Waals surface area contributed by atoms with Crippen molar-refractivity contribution in [2.45, 2.75) is 44.8 Å².